The fourth-order valence-corrected chi connectivity index (χ4v) is 2.72. The van der Waals surface area contributed by atoms with Gasteiger partial charge in [-0.3, -0.25) is 9.78 Å². The molecule has 2 rings (SSSR count). The molecule has 2 aromatic heterocycles. The first-order valence-electron chi connectivity index (χ1n) is 5.90. The Labute approximate surface area is 116 Å². The number of pyridine rings is 1. The Bertz CT molecular complexity index is 617. The Morgan fingerprint density at radius 1 is 1.42 bits per heavy atom. The number of aromatic nitrogens is 1. The molecule has 0 aliphatic rings. The Kier molecular flexibility index (Phi) is 4.06. The van der Waals surface area contributed by atoms with Crippen LogP contribution in [-0.4, -0.2) is 16.6 Å². The van der Waals surface area contributed by atoms with Crippen LogP contribution in [0.25, 0.3) is 0 Å². The van der Waals surface area contributed by atoms with Gasteiger partial charge in [0.25, 0.3) is 5.91 Å². The van der Waals surface area contributed by atoms with Crippen molar-refractivity contribution in [1.82, 2.24) is 10.4 Å². The first kappa shape index (κ1) is 13.4. The zero-order valence-corrected chi connectivity index (χ0v) is 11.9. The molecule has 0 atom stereocenters. The molecule has 0 aromatic carbocycles. The number of hydrogen-bond acceptors (Lipinski definition) is 4. The molecule has 4 nitrogen and oxygen atoms in total. The minimum Gasteiger partial charge on any atom is -0.267 e. The minimum atomic E-state index is -0.253. The van der Waals surface area contributed by atoms with Gasteiger partial charge >= 0.3 is 0 Å². The predicted molar refractivity (Wildman–Crippen MR) is 77.7 cm³/mol. The summed E-state index contributed by atoms with van der Waals surface area (Å²) in [6, 6.07) is 5.50. The molecule has 2 aromatic rings. The second kappa shape index (κ2) is 5.75. The summed E-state index contributed by atoms with van der Waals surface area (Å²) in [5.41, 5.74) is 4.93. The first-order chi connectivity index (χ1) is 9.08. The summed E-state index contributed by atoms with van der Waals surface area (Å²) in [6.45, 7) is 6.00. The van der Waals surface area contributed by atoms with Crippen LogP contribution in [0.3, 0.4) is 0 Å². The highest BCUT2D eigenvalue weighted by molar-refractivity contribution is 7.12. The molecule has 0 bridgehead atoms. The molecule has 2 heterocycles. The predicted octanol–water partition coefficient (Wildman–Crippen LogP) is 2.91. The number of hydrogen-bond donors (Lipinski definition) is 1. The lowest BCUT2D eigenvalue weighted by Gasteiger charge is -2.02. The van der Waals surface area contributed by atoms with Gasteiger partial charge in [0.2, 0.25) is 0 Å². The average Bonchev–Trinajstić information content (AvgIpc) is 2.75. The van der Waals surface area contributed by atoms with E-state index < -0.39 is 0 Å². The maximum atomic E-state index is 11.8. The lowest BCUT2D eigenvalue weighted by molar-refractivity contribution is 0.0954. The van der Waals surface area contributed by atoms with Crippen molar-refractivity contribution in [3.8, 4) is 0 Å². The largest absolute Gasteiger partial charge is 0.272 e. The van der Waals surface area contributed by atoms with Crippen molar-refractivity contribution in [2.75, 3.05) is 0 Å². The number of amides is 1. The zero-order valence-electron chi connectivity index (χ0n) is 11.1. The summed E-state index contributed by atoms with van der Waals surface area (Å²) in [5.74, 6) is -0.253. The van der Waals surface area contributed by atoms with Crippen LogP contribution in [0.1, 0.15) is 32.6 Å². The molecule has 0 saturated carbocycles. The van der Waals surface area contributed by atoms with Gasteiger partial charge in [0.15, 0.2) is 0 Å². The fourth-order valence-electron chi connectivity index (χ4n) is 1.75. The molecule has 0 unspecified atom stereocenters. The lowest BCUT2D eigenvalue weighted by atomic mass is 10.2. The van der Waals surface area contributed by atoms with Crippen molar-refractivity contribution in [2.45, 2.75) is 20.8 Å². The maximum Gasteiger partial charge on any atom is 0.272 e. The Morgan fingerprint density at radius 2 is 2.21 bits per heavy atom. The van der Waals surface area contributed by atoms with Crippen LogP contribution >= 0.6 is 11.3 Å². The van der Waals surface area contributed by atoms with Crippen LogP contribution < -0.4 is 5.43 Å². The number of nitrogens with zero attached hydrogens (tertiary/aromatic N) is 2. The van der Waals surface area contributed by atoms with Crippen molar-refractivity contribution in [3.05, 3.63) is 51.5 Å². The normalized spacial score (nSPS) is 11.4. The molecule has 0 saturated heterocycles. The molecule has 0 fully saturated rings. The van der Waals surface area contributed by atoms with Gasteiger partial charge in [-0.2, -0.15) is 5.10 Å². The third kappa shape index (κ3) is 3.26. The summed E-state index contributed by atoms with van der Waals surface area (Å²) in [6.07, 6.45) is 3.14. The van der Waals surface area contributed by atoms with E-state index in [1.54, 1.807) is 29.7 Å². The molecule has 0 radical (unpaired) electrons. The Morgan fingerprint density at radius 3 is 2.79 bits per heavy atom. The van der Waals surface area contributed by atoms with E-state index in [0.29, 0.717) is 5.56 Å². The van der Waals surface area contributed by atoms with Crippen molar-refractivity contribution in [2.24, 2.45) is 5.10 Å². The van der Waals surface area contributed by atoms with Crippen molar-refractivity contribution >= 4 is 23.0 Å². The Balaban J connectivity index is 2.11. The maximum absolute atomic E-state index is 11.8. The first-order valence-corrected chi connectivity index (χ1v) is 6.71. The topological polar surface area (TPSA) is 54.4 Å². The standard InChI is InChI=1S/C14H15N3OS/c1-9-7-13(11(3)19-9)10(2)16-17-14(18)12-5-4-6-15-8-12/h4-8H,1-3H3,(H,17,18)/b16-10-. The van der Waals surface area contributed by atoms with E-state index >= 15 is 0 Å². The summed E-state index contributed by atoms with van der Waals surface area (Å²) in [4.78, 5) is 18.2. The average molecular weight is 273 g/mol. The summed E-state index contributed by atoms with van der Waals surface area (Å²) in [7, 11) is 0. The van der Waals surface area contributed by atoms with Gasteiger partial charge in [0.1, 0.15) is 0 Å². The fraction of sp³-hybridized carbons (Fsp3) is 0.214. The van der Waals surface area contributed by atoms with Gasteiger partial charge < -0.3 is 0 Å². The number of aryl methyl sites for hydroxylation is 2. The molecule has 98 valence electrons. The third-order valence-electron chi connectivity index (χ3n) is 2.68. The van der Waals surface area contributed by atoms with Gasteiger partial charge in [0.05, 0.1) is 11.3 Å². The van der Waals surface area contributed by atoms with E-state index in [1.165, 1.54) is 16.0 Å². The summed E-state index contributed by atoms with van der Waals surface area (Å²) in [5, 5.41) is 4.14. The van der Waals surface area contributed by atoms with Crippen LogP contribution in [0.2, 0.25) is 0 Å². The molecule has 0 aliphatic heterocycles. The van der Waals surface area contributed by atoms with Gasteiger partial charge in [-0.1, -0.05) is 0 Å². The quantitative estimate of drug-likeness (QED) is 0.690. The Hall–Kier alpha value is -2.01. The van der Waals surface area contributed by atoms with Crippen molar-refractivity contribution in [1.29, 1.82) is 0 Å². The second-order valence-corrected chi connectivity index (χ2v) is 5.67. The van der Waals surface area contributed by atoms with Gasteiger partial charge in [-0.15, -0.1) is 11.3 Å². The molecular weight excluding hydrogens is 258 g/mol. The van der Waals surface area contributed by atoms with Crippen LogP contribution in [0.5, 0.6) is 0 Å². The van der Waals surface area contributed by atoms with Crippen molar-refractivity contribution < 1.29 is 4.79 Å². The van der Waals surface area contributed by atoms with Crippen LogP contribution in [-0.2, 0) is 0 Å². The summed E-state index contributed by atoms with van der Waals surface area (Å²) < 4.78 is 0. The van der Waals surface area contributed by atoms with E-state index in [-0.39, 0.29) is 5.91 Å². The van der Waals surface area contributed by atoms with Crippen molar-refractivity contribution in [3.63, 3.8) is 0 Å². The highest BCUT2D eigenvalue weighted by Crippen LogP contribution is 2.21. The molecule has 0 spiro atoms. The monoisotopic (exact) mass is 273 g/mol. The van der Waals surface area contributed by atoms with E-state index in [0.717, 1.165) is 11.3 Å². The SMILES string of the molecule is C/C(=N/NC(=O)c1cccnc1)c1cc(C)sc1C. The summed E-state index contributed by atoms with van der Waals surface area (Å²) >= 11 is 1.72. The number of rotatable bonds is 3. The zero-order chi connectivity index (χ0) is 13.8. The van der Waals surface area contributed by atoms with Crippen LogP contribution in [0.4, 0.5) is 0 Å². The second-order valence-electron chi connectivity index (χ2n) is 4.21. The van der Waals surface area contributed by atoms with Gasteiger partial charge in [0, 0.05) is 27.7 Å². The highest BCUT2D eigenvalue weighted by atomic mass is 32.1. The molecule has 19 heavy (non-hydrogen) atoms. The van der Waals surface area contributed by atoms with Crippen LogP contribution in [0.15, 0.2) is 35.7 Å². The number of carbonyl (C=O) groups is 1. The number of nitrogens with one attached hydrogen (secondary N) is 1. The molecule has 1 amide bonds. The van der Waals surface area contributed by atoms with Gasteiger partial charge in [-0.25, -0.2) is 5.43 Å². The smallest absolute Gasteiger partial charge is 0.267 e. The highest BCUT2D eigenvalue weighted by Gasteiger charge is 2.07. The van der Waals surface area contributed by atoms with Gasteiger partial charge in [-0.05, 0) is 39.0 Å². The third-order valence-corrected chi connectivity index (χ3v) is 3.65. The molecule has 1 N–H and O–H groups in total. The van der Waals surface area contributed by atoms with Crippen LogP contribution in [0, 0.1) is 13.8 Å². The number of carbonyl (C=O) groups excluding carboxylic acids is 1. The van der Waals surface area contributed by atoms with E-state index in [9.17, 15) is 4.79 Å². The van der Waals surface area contributed by atoms with E-state index in [1.807, 2.05) is 6.92 Å². The van der Waals surface area contributed by atoms with E-state index in [4.69, 9.17) is 0 Å². The van der Waals surface area contributed by atoms with E-state index in [2.05, 4.69) is 35.4 Å². The number of hydrazone groups is 1. The molecule has 0 aliphatic carbocycles. The lowest BCUT2D eigenvalue weighted by Crippen LogP contribution is -2.19. The molecule has 5 heteroatoms. The minimum absolute atomic E-state index is 0.253. The number of thiophene rings is 1. The molecular formula is C14H15N3OS.